The number of carbonyl (C=O) groups is 1. The molecule has 1 aliphatic heterocycles. The van der Waals surface area contributed by atoms with Crippen molar-refractivity contribution >= 4 is 33.8 Å². The first kappa shape index (κ1) is 17.4. The molecule has 1 unspecified atom stereocenters. The number of urea groups is 1. The Bertz CT molecular complexity index is 647. The molecule has 0 saturated carbocycles. The van der Waals surface area contributed by atoms with E-state index in [1.807, 2.05) is 12.3 Å². The third kappa shape index (κ3) is 4.55. The predicted octanol–water partition coefficient (Wildman–Crippen LogP) is 4.11. The fraction of sp³-hybridized carbons (Fsp3) is 0.529. The van der Waals surface area contributed by atoms with Crippen molar-refractivity contribution < 1.29 is 4.79 Å². The average Bonchev–Trinajstić information content (AvgIpc) is 3.21. The van der Waals surface area contributed by atoms with Crippen LogP contribution < -0.4 is 10.6 Å². The number of thiophene rings is 1. The zero-order valence-corrected chi connectivity index (χ0v) is 15.8. The number of carbonyl (C=O) groups excluding carboxylic acids is 1. The Balaban J connectivity index is 1.58. The third-order valence-corrected chi connectivity index (χ3v) is 6.28. The van der Waals surface area contributed by atoms with Gasteiger partial charge in [0.1, 0.15) is 0 Å². The summed E-state index contributed by atoms with van der Waals surface area (Å²) in [5.74, 6) is 0.801. The van der Waals surface area contributed by atoms with Crippen molar-refractivity contribution in [2.24, 2.45) is 5.92 Å². The third-order valence-electron chi connectivity index (χ3n) is 4.43. The monoisotopic (exact) mass is 364 g/mol. The van der Waals surface area contributed by atoms with E-state index in [4.69, 9.17) is 0 Å². The van der Waals surface area contributed by atoms with Crippen molar-refractivity contribution in [3.63, 3.8) is 0 Å². The smallest absolute Gasteiger partial charge is 0.321 e. The SMILES string of the molecule is Cc1csc(NC(=O)NCC(c2cccs2)N2CCC(C)CC2)n1. The molecule has 7 heteroatoms. The van der Waals surface area contributed by atoms with Crippen LogP contribution in [-0.4, -0.2) is 35.5 Å². The van der Waals surface area contributed by atoms with Gasteiger partial charge in [0, 0.05) is 16.8 Å². The van der Waals surface area contributed by atoms with E-state index in [0.717, 1.165) is 24.7 Å². The van der Waals surface area contributed by atoms with Crippen molar-refractivity contribution in [2.45, 2.75) is 32.7 Å². The van der Waals surface area contributed by atoms with Crippen molar-refractivity contribution in [2.75, 3.05) is 25.0 Å². The van der Waals surface area contributed by atoms with Crippen LogP contribution in [-0.2, 0) is 0 Å². The molecule has 1 aliphatic rings. The van der Waals surface area contributed by atoms with Crippen LogP contribution in [0.15, 0.2) is 22.9 Å². The number of aromatic nitrogens is 1. The van der Waals surface area contributed by atoms with Crippen molar-refractivity contribution in [3.8, 4) is 0 Å². The van der Waals surface area contributed by atoms with E-state index < -0.39 is 0 Å². The van der Waals surface area contributed by atoms with E-state index in [2.05, 4.69) is 45.0 Å². The van der Waals surface area contributed by atoms with E-state index in [-0.39, 0.29) is 12.1 Å². The molecule has 0 bridgehead atoms. The average molecular weight is 365 g/mol. The fourth-order valence-electron chi connectivity index (χ4n) is 2.97. The topological polar surface area (TPSA) is 57.3 Å². The first-order chi connectivity index (χ1) is 11.6. The van der Waals surface area contributed by atoms with Crippen molar-refractivity contribution in [1.82, 2.24) is 15.2 Å². The van der Waals surface area contributed by atoms with Gasteiger partial charge in [-0.25, -0.2) is 9.78 Å². The Morgan fingerprint density at radius 3 is 2.83 bits per heavy atom. The van der Waals surface area contributed by atoms with Gasteiger partial charge in [0.25, 0.3) is 0 Å². The first-order valence-corrected chi connectivity index (χ1v) is 10.1. The lowest BCUT2D eigenvalue weighted by Gasteiger charge is -2.36. The lowest BCUT2D eigenvalue weighted by atomic mass is 9.97. The number of likely N-dealkylation sites (tertiary alicyclic amines) is 1. The fourth-order valence-corrected chi connectivity index (χ4v) is 4.52. The van der Waals surface area contributed by atoms with Gasteiger partial charge in [0.2, 0.25) is 0 Å². The number of piperidine rings is 1. The zero-order chi connectivity index (χ0) is 16.9. The molecular weight excluding hydrogens is 340 g/mol. The second-order valence-electron chi connectivity index (χ2n) is 6.38. The number of hydrogen-bond donors (Lipinski definition) is 2. The molecule has 0 spiro atoms. The van der Waals surface area contributed by atoms with Crippen LogP contribution in [0.3, 0.4) is 0 Å². The highest BCUT2D eigenvalue weighted by Crippen LogP contribution is 2.29. The molecule has 5 nitrogen and oxygen atoms in total. The number of nitrogens with one attached hydrogen (secondary N) is 2. The Labute approximate surface area is 151 Å². The molecule has 24 heavy (non-hydrogen) atoms. The molecule has 2 aromatic rings. The predicted molar refractivity (Wildman–Crippen MR) is 101 cm³/mol. The van der Waals surface area contributed by atoms with Gasteiger partial charge in [-0.1, -0.05) is 13.0 Å². The quantitative estimate of drug-likeness (QED) is 0.839. The van der Waals surface area contributed by atoms with Gasteiger partial charge in [-0.15, -0.1) is 22.7 Å². The van der Waals surface area contributed by atoms with Crippen LogP contribution in [0.4, 0.5) is 9.93 Å². The largest absolute Gasteiger partial charge is 0.336 e. The van der Waals surface area contributed by atoms with Gasteiger partial charge in [0.05, 0.1) is 11.7 Å². The Morgan fingerprint density at radius 2 is 2.21 bits per heavy atom. The molecule has 1 fully saturated rings. The number of nitrogens with zero attached hydrogens (tertiary/aromatic N) is 2. The Hall–Kier alpha value is -1.44. The first-order valence-electron chi connectivity index (χ1n) is 8.36. The number of thiazole rings is 1. The number of anilines is 1. The summed E-state index contributed by atoms with van der Waals surface area (Å²) in [6, 6.07) is 4.31. The lowest BCUT2D eigenvalue weighted by molar-refractivity contribution is 0.138. The van der Waals surface area contributed by atoms with Gasteiger partial charge in [-0.05, 0) is 50.2 Å². The van der Waals surface area contributed by atoms with Crippen molar-refractivity contribution in [3.05, 3.63) is 33.5 Å². The molecule has 0 aromatic carbocycles. The molecule has 3 rings (SSSR count). The summed E-state index contributed by atoms with van der Waals surface area (Å²) in [4.78, 5) is 20.2. The second-order valence-corrected chi connectivity index (χ2v) is 8.22. The van der Waals surface area contributed by atoms with Crippen LogP contribution in [0, 0.1) is 12.8 Å². The minimum Gasteiger partial charge on any atom is -0.336 e. The molecular formula is C17H24N4OS2. The van der Waals surface area contributed by atoms with Crippen LogP contribution in [0.25, 0.3) is 0 Å². The van der Waals surface area contributed by atoms with Gasteiger partial charge < -0.3 is 5.32 Å². The van der Waals surface area contributed by atoms with Gasteiger partial charge in [0.15, 0.2) is 5.13 Å². The highest BCUT2D eigenvalue weighted by Gasteiger charge is 2.25. The highest BCUT2D eigenvalue weighted by molar-refractivity contribution is 7.13. The summed E-state index contributed by atoms with van der Waals surface area (Å²) in [6.07, 6.45) is 2.46. The van der Waals surface area contributed by atoms with E-state index >= 15 is 0 Å². The molecule has 3 heterocycles. The van der Waals surface area contributed by atoms with E-state index in [9.17, 15) is 4.79 Å². The molecule has 0 radical (unpaired) electrons. The molecule has 130 valence electrons. The van der Waals surface area contributed by atoms with Gasteiger partial charge in [-0.3, -0.25) is 10.2 Å². The minimum absolute atomic E-state index is 0.184. The number of hydrogen-bond acceptors (Lipinski definition) is 5. The molecule has 2 N–H and O–H groups in total. The maximum absolute atomic E-state index is 12.2. The van der Waals surface area contributed by atoms with E-state index in [1.54, 1.807) is 11.3 Å². The number of rotatable bonds is 5. The number of aryl methyl sites for hydroxylation is 1. The maximum Gasteiger partial charge on any atom is 0.321 e. The Kier molecular flexibility index (Phi) is 5.86. The molecule has 1 saturated heterocycles. The summed E-state index contributed by atoms with van der Waals surface area (Å²) in [6.45, 7) is 7.05. The summed E-state index contributed by atoms with van der Waals surface area (Å²) in [7, 11) is 0. The van der Waals surface area contributed by atoms with E-state index in [0.29, 0.717) is 11.7 Å². The molecule has 1 atom stereocenters. The van der Waals surface area contributed by atoms with Crippen LogP contribution in [0.2, 0.25) is 0 Å². The van der Waals surface area contributed by atoms with E-state index in [1.165, 1.54) is 29.1 Å². The number of amides is 2. The summed E-state index contributed by atoms with van der Waals surface area (Å²) < 4.78 is 0. The summed E-state index contributed by atoms with van der Waals surface area (Å²) >= 11 is 3.21. The van der Waals surface area contributed by atoms with Crippen LogP contribution in [0.5, 0.6) is 0 Å². The minimum atomic E-state index is -0.184. The Morgan fingerprint density at radius 1 is 1.42 bits per heavy atom. The maximum atomic E-state index is 12.2. The molecule has 2 aromatic heterocycles. The van der Waals surface area contributed by atoms with Gasteiger partial charge in [-0.2, -0.15) is 0 Å². The van der Waals surface area contributed by atoms with Crippen LogP contribution >= 0.6 is 22.7 Å². The second kappa shape index (κ2) is 8.09. The lowest BCUT2D eigenvalue weighted by Crippen LogP contribution is -2.42. The molecule has 0 aliphatic carbocycles. The summed E-state index contributed by atoms with van der Waals surface area (Å²) in [5.41, 5.74) is 0.925. The van der Waals surface area contributed by atoms with Gasteiger partial charge >= 0.3 is 6.03 Å². The van der Waals surface area contributed by atoms with Crippen molar-refractivity contribution in [1.29, 1.82) is 0 Å². The highest BCUT2D eigenvalue weighted by atomic mass is 32.1. The normalized spacial score (nSPS) is 17.6. The summed E-state index contributed by atoms with van der Waals surface area (Å²) in [5, 5.41) is 10.5. The zero-order valence-electron chi connectivity index (χ0n) is 14.1. The van der Waals surface area contributed by atoms with Crippen LogP contribution in [0.1, 0.15) is 36.4 Å². The molecule has 2 amide bonds. The standard InChI is InChI=1S/C17H24N4OS2/c1-12-5-7-21(8-6-12)14(15-4-3-9-23-15)10-18-16(22)20-17-19-13(2)11-24-17/h3-4,9,11-12,14H,5-8,10H2,1-2H3,(H2,18,19,20,22).